The van der Waals surface area contributed by atoms with Crippen LogP contribution >= 0.6 is 12.4 Å². The van der Waals surface area contributed by atoms with Gasteiger partial charge in [0, 0.05) is 6.54 Å². The van der Waals surface area contributed by atoms with Crippen molar-refractivity contribution in [3.05, 3.63) is 35.9 Å². The lowest BCUT2D eigenvalue weighted by molar-refractivity contribution is -0.126. The summed E-state index contributed by atoms with van der Waals surface area (Å²) in [5, 5.41) is 6.60. The van der Waals surface area contributed by atoms with Crippen molar-refractivity contribution < 1.29 is 4.79 Å². The Hall–Kier alpha value is -1.06. The quantitative estimate of drug-likeness (QED) is 0.878. The normalized spacial score (nSPS) is 23.0. The van der Waals surface area contributed by atoms with Crippen molar-refractivity contribution in [2.75, 3.05) is 19.6 Å². The molecule has 1 aliphatic heterocycles. The number of carbonyl (C=O) groups excluding carboxylic acids is 1. The van der Waals surface area contributed by atoms with Crippen LogP contribution in [-0.2, 0) is 11.2 Å². The van der Waals surface area contributed by atoms with Crippen LogP contribution in [0.2, 0.25) is 0 Å². The van der Waals surface area contributed by atoms with Gasteiger partial charge in [-0.2, -0.15) is 0 Å². The second kappa shape index (κ2) is 7.28. The molecule has 2 N–H and O–H groups in total. The van der Waals surface area contributed by atoms with Crippen LogP contribution in [0.4, 0.5) is 0 Å². The van der Waals surface area contributed by atoms with Crippen molar-refractivity contribution >= 4 is 18.3 Å². The molecule has 0 spiro atoms. The van der Waals surface area contributed by atoms with Gasteiger partial charge in [0.15, 0.2) is 0 Å². The summed E-state index contributed by atoms with van der Waals surface area (Å²) >= 11 is 0. The van der Waals surface area contributed by atoms with Crippen molar-refractivity contribution in [3.8, 4) is 0 Å². The van der Waals surface area contributed by atoms with Gasteiger partial charge in [-0.05, 0) is 56.7 Å². The Morgan fingerprint density at radius 1 is 1.29 bits per heavy atom. The predicted octanol–water partition coefficient (Wildman–Crippen LogP) is 2.55. The van der Waals surface area contributed by atoms with Gasteiger partial charge in [0.1, 0.15) is 0 Å². The molecule has 1 unspecified atom stereocenters. The summed E-state index contributed by atoms with van der Waals surface area (Å²) in [6.45, 7) is 3.01. The first kappa shape index (κ1) is 16.3. The maximum absolute atomic E-state index is 12.4. The molecule has 0 radical (unpaired) electrons. The highest BCUT2D eigenvalue weighted by Crippen LogP contribution is 2.48. The lowest BCUT2D eigenvalue weighted by Gasteiger charge is -2.24. The molecule has 2 fully saturated rings. The summed E-state index contributed by atoms with van der Waals surface area (Å²) in [5.41, 5.74) is 1.17. The monoisotopic (exact) mass is 308 g/mol. The van der Waals surface area contributed by atoms with Gasteiger partial charge in [0.2, 0.25) is 5.91 Å². The predicted molar refractivity (Wildman–Crippen MR) is 87.7 cm³/mol. The zero-order valence-electron chi connectivity index (χ0n) is 12.4. The Morgan fingerprint density at radius 3 is 2.67 bits per heavy atom. The first-order chi connectivity index (χ1) is 9.78. The standard InChI is InChI=1S/C17H24N2O.ClH/c20-16(19-13-15-7-4-10-18-12-15)17(8-9-17)11-14-5-2-1-3-6-14;/h1-3,5-6,15,18H,4,7-13H2,(H,19,20);1H. The van der Waals surface area contributed by atoms with E-state index in [4.69, 9.17) is 0 Å². The van der Waals surface area contributed by atoms with E-state index in [-0.39, 0.29) is 23.7 Å². The Kier molecular flexibility index (Phi) is 5.65. The molecule has 2 aliphatic rings. The van der Waals surface area contributed by atoms with Crippen molar-refractivity contribution in [2.24, 2.45) is 11.3 Å². The third-order valence-electron chi connectivity index (χ3n) is 4.67. The molecule has 116 valence electrons. The largest absolute Gasteiger partial charge is 0.355 e. The second-order valence-electron chi connectivity index (χ2n) is 6.37. The van der Waals surface area contributed by atoms with Gasteiger partial charge in [-0.3, -0.25) is 4.79 Å². The van der Waals surface area contributed by atoms with E-state index in [9.17, 15) is 4.79 Å². The van der Waals surface area contributed by atoms with E-state index in [2.05, 4.69) is 34.9 Å². The molecule has 21 heavy (non-hydrogen) atoms. The number of halogens is 1. The number of amides is 1. The van der Waals surface area contributed by atoms with Crippen LogP contribution in [0.3, 0.4) is 0 Å². The zero-order valence-corrected chi connectivity index (χ0v) is 13.3. The summed E-state index contributed by atoms with van der Waals surface area (Å²) in [4.78, 5) is 12.4. The third-order valence-corrected chi connectivity index (χ3v) is 4.67. The minimum atomic E-state index is -0.108. The third kappa shape index (κ3) is 4.21. The number of hydrogen-bond acceptors (Lipinski definition) is 2. The number of piperidine rings is 1. The highest BCUT2D eigenvalue weighted by Gasteiger charge is 2.49. The first-order valence-corrected chi connectivity index (χ1v) is 7.81. The Bertz CT molecular complexity index is 453. The molecule has 0 aromatic heterocycles. The Balaban J connectivity index is 0.00000161. The fourth-order valence-corrected chi connectivity index (χ4v) is 3.14. The molecule has 1 aromatic carbocycles. The van der Waals surface area contributed by atoms with E-state index in [0.29, 0.717) is 5.92 Å². The summed E-state index contributed by atoms with van der Waals surface area (Å²) in [6, 6.07) is 10.4. The first-order valence-electron chi connectivity index (χ1n) is 7.81. The molecule has 1 saturated heterocycles. The number of benzene rings is 1. The van der Waals surface area contributed by atoms with Crippen LogP contribution in [0.15, 0.2) is 30.3 Å². The molecular formula is C17H25ClN2O. The Labute approximate surface area is 133 Å². The molecule has 4 heteroatoms. The molecule has 1 aliphatic carbocycles. The summed E-state index contributed by atoms with van der Waals surface area (Å²) in [7, 11) is 0. The van der Waals surface area contributed by atoms with Gasteiger partial charge in [-0.1, -0.05) is 30.3 Å². The minimum absolute atomic E-state index is 0. The SMILES string of the molecule is Cl.O=C(NCC1CCCNC1)C1(Cc2ccccc2)CC1. The van der Waals surface area contributed by atoms with Crippen LogP contribution in [0.25, 0.3) is 0 Å². The van der Waals surface area contributed by atoms with Crippen molar-refractivity contribution in [1.82, 2.24) is 10.6 Å². The van der Waals surface area contributed by atoms with E-state index in [1.807, 2.05) is 6.07 Å². The maximum Gasteiger partial charge on any atom is 0.226 e. The average molecular weight is 309 g/mol. The van der Waals surface area contributed by atoms with Crippen LogP contribution in [-0.4, -0.2) is 25.5 Å². The van der Waals surface area contributed by atoms with E-state index >= 15 is 0 Å². The molecule has 3 rings (SSSR count). The fraction of sp³-hybridized carbons (Fsp3) is 0.588. The smallest absolute Gasteiger partial charge is 0.226 e. The molecule has 3 nitrogen and oxygen atoms in total. The lowest BCUT2D eigenvalue weighted by atomic mass is 9.94. The highest BCUT2D eigenvalue weighted by atomic mass is 35.5. The van der Waals surface area contributed by atoms with Gasteiger partial charge in [-0.15, -0.1) is 12.4 Å². The molecule has 1 aromatic rings. The van der Waals surface area contributed by atoms with Crippen molar-refractivity contribution in [1.29, 1.82) is 0 Å². The van der Waals surface area contributed by atoms with Gasteiger partial charge in [0.05, 0.1) is 5.41 Å². The van der Waals surface area contributed by atoms with Crippen molar-refractivity contribution in [2.45, 2.75) is 32.1 Å². The van der Waals surface area contributed by atoms with Crippen LogP contribution in [0, 0.1) is 11.3 Å². The van der Waals surface area contributed by atoms with Crippen LogP contribution in [0.5, 0.6) is 0 Å². The highest BCUT2D eigenvalue weighted by molar-refractivity contribution is 5.85. The second-order valence-corrected chi connectivity index (χ2v) is 6.37. The average Bonchev–Trinajstić information content (AvgIpc) is 3.28. The number of nitrogens with one attached hydrogen (secondary N) is 2. The molecule has 1 heterocycles. The van der Waals surface area contributed by atoms with Gasteiger partial charge < -0.3 is 10.6 Å². The zero-order chi connectivity index (χ0) is 13.8. The number of carbonyl (C=O) groups is 1. The molecule has 1 atom stereocenters. The summed E-state index contributed by atoms with van der Waals surface area (Å²) in [5.74, 6) is 0.882. The van der Waals surface area contributed by atoms with Gasteiger partial charge in [0.25, 0.3) is 0 Å². The van der Waals surface area contributed by atoms with Gasteiger partial charge >= 0.3 is 0 Å². The molecule has 1 amide bonds. The lowest BCUT2D eigenvalue weighted by Crippen LogP contribution is -2.41. The van der Waals surface area contributed by atoms with Crippen LogP contribution < -0.4 is 10.6 Å². The topological polar surface area (TPSA) is 41.1 Å². The van der Waals surface area contributed by atoms with E-state index in [0.717, 1.165) is 38.9 Å². The number of hydrogen-bond donors (Lipinski definition) is 2. The van der Waals surface area contributed by atoms with Gasteiger partial charge in [-0.25, -0.2) is 0 Å². The summed E-state index contributed by atoms with van der Waals surface area (Å²) in [6.07, 6.45) is 5.44. The maximum atomic E-state index is 12.4. The Morgan fingerprint density at radius 2 is 2.05 bits per heavy atom. The van der Waals surface area contributed by atoms with E-state index < -0.39 is 0 Å². The number of rotatable bonds is 5. The fourth-order valence-electron chi connectivity index (χ4n) is 3.14. The minimum Gasteiger partial charge on any atom is -0.355 e. The molecule has 1 saturated carbocycles. The molecular weight excluding hydrogens is 284 g/mol. The molecule has 0 bridgehead atoms. The van der Waals surface area contributed by atoms with Crippen molar-refractivity contribution in [3.63, 3.8) is 0 Å². The van der Waals surface area contributed by atoms with E-state index in [1.54, 1.807) is 0 Å². The summed E-state index contributed by atoms with van der Waals surface area (Å²) < 4.78 is 0. The van der Waals surface area contributed by atoms with Crippen LogP contribution in [0.1, 0.15) is 31.2 Å². The van der Waals surface area contributed by atoms with E-state index in [1.165, 1.54) is 18.4 Å².